The second-order valence-electron chi connectivity index (χ2n) is 4.14. The highest BCUT2D eigenvalue weighted by molar-refractivity contribution is 14.1. The Morgan fingerprint density at radius 3 is 2.76 bits per heavy atom. The summed E-state index contributed by atoms with van der Waals surface area (Å²) in [7, 11) is 0. The molecule has 2 aromatic carbocycles. The lowest BCUT2D eigenvalue weighted by Crippen LogP contribution is -2.16. The summed E-state index contributed by atoms with van der Waals surface area (Å²) in [5.41, 5.74) is 7.05. The molecule has 0 heterocycles. The quantitative estimate of drug-likeness (QED) is 0.236. The number of nitrogens with zero attached hydrogens (tertiary/aromatic N) is 1. The number of carbonyl (C=O) groups excluding carboxylic acids is 1. The van der Waals surface area contributed by atoms with Crippen LogP contribution in [0.2, 0.25) is 5.02 Å². The summed E-state index contributed by atoms with van der Waals surface area (Å²) in [5.74, 6) is -0.304. The highest BCUT2D eigenvalue weighted by Gasteiger charge is 2.11. The molecule has 2 aromatic rings. The molecule has 0 radical (unpaired) electrons. The second kappa shape index (κ2) is 6.77. The van der Waals surface area contributed by atoms with E-state index in [2.05, 4.69) is 33.1 Å². The zero-order chi connectivity index (χ0) is 15.4. The van der Waals surface area contributed by atoms with E-state index < -0.39 is 0 Å². The van der Waals surface area contributed by atoms with Crippen LogP contribution in [0.1, 0.15) is 15.9 Å². The van der Waals surface area contributed by atoms with E-state index in [0.717, 1.165) is 3.57 Å². The summed E-state index contributed by atoms with van der Waals surface area (Å²) in [6, 6.07) is 11.8. The maximum atomic E-state index is 12.3. The smallest absolute Gasteiger partial charge is 0.256 e. The summed E-state index contributed by atoms with van der Waals surface area (Å²) in [5, 5.41) is 14.8. The molecule has 108 valence electrons. The van der Waals surface area contributed by atoms with Crippen LogP contribution in [-0.2, 0) is 0 Å². The van der Waals surface area contributed by atoms with Crippen LogP contribution in [-0.4, -0.2) is 17.0 Å². The van der Waals surface area contributed by atoms with Crippen LogP contribution in [0.25, 0.3) is 0 Å². The van der Waals surface area contributed by atoms with Crippen molar-refractivity contribution in [2.45, 2.75) is 0 Å². The first-order chi connectivity index (χ1) is 10.0. The molecule has 0 saturated heterocycles. The van der Waals surface area contributed by atoms with Gasteiger partial charge in [-0.3, -0.25) is 4.79 Å². The topological polar surface area (TPSA) is 87.7 Å². The average molecular weight is 416 g/mol. The minimum atomic E-state index is -0.279. The van der Waals surface area contributed by atoms with Crippen molar-refractivity contribution in [2.24, 2.45) is 10.9 Å². The van der Waals surface area contributed by atoms with Crippen molar-refractivity contribution in [3.8, 4) is 0 Å². The number of hydrogen-bond acceptors (Lipinski definition) is 3. The van der Waals surface area contributed by atoms with Gasteiger partial charge in [0.2, 0.25) is 0 Å². The molecule has 0 aromatic heterocycles. The minimum absolute atomic E-state index is 0.0246. The van der Waals surface area contributed by atoms with E-state index >= 15 is 0 Å². The summed E-state index contributed by atoms with van der Waals surface area (Å²) in [4.78, 5) is 12.3. The van der Waals surface area contributed by atoms with E-state index in [4.69, 9.17) is 22.5 Å². The number of halogens is 2. The average Bonchev–Trinajstić information content (AvgIpc) is 2.49. The number of benzene rings is 2. The first-order valence-corrected chi connectivity index (χ1v) is 7.31. The van der Waals surface area contributed by atoms with Crippen LogP contribution in [0.4, 0.5) is 5.69 Å². The van der Waals surface area contributed by atoms with Gasteiger partial charge >= 0.3 is 0 Å². The molecule has 2 rings (SSSR count). The van der Waals surface area contributed by atoms with E-state index in [1.54, 1.807) is 42.5 Å². The SMILES string of the molecule is N/C(=N/O)c1cccc(NC(=O)c2cc(Cl)ccc2I)c1. The fourth-order valence-corrected chi connectivity index (χ4v) is 2.44. The van der Waals surface area contributed by atoms with E-state index in [9.17, 15) is 4.79 Å². The van der Waals surface area contributed by atoms with E-state index in [-0.39, 0.29) is 11.7 Å². The Kier molecular flexibility index (Phi) is 5.03. The van der Waals surface area contributed by atoms with Gasteiger partial charge in [0, 0.05) is 19.8 Å². The third-order valence-corrected chi connectivity index (χ3v) is 3.87. The molecule has 0 aliphatic carbocycles. The highest BCUT2D eigenvalue weighted by atomic mass is 127. The molecule has 21 heavy (non-hydrogen) atoms. The van der Waals surface area contributed by atoms with Gasteiger partial charge in [0.15, 0.2) is 5.84 Å². The first-order valence-electron chi connectivity index (χ1n) is 5.85. The van der Waals surface area contributed by atoms with Gasteiger partial charge in [0.05, 0.1) is 5.56 Å². The summed E-state index contributed by atoms with van der Waals surface area (Å²) >= 11 is 7.97. The third-order valence-electron chi connectivity index (χ3n) is 2.70. The van der Waals surface area contributed by atoms with Crippen LogP contribution in [0, 0.1) is 3.57 Å². The van der Waals surface area contributed by atoms with Gasteiger partial charge in [-0.25, -0.2) is 0 Å². The maximum Gasteiger partial charge on any atom is 0.256 e. The molecule has 4 N–H and O–H groups in total. The molecule has 7 heteroatoms. The Labute approximate surface area is 139 Å². The van der Waals surface area contributed by atoms with E-state index in [0.29, 0.717) is 21.8 Å². The summed E-state index contributed by atoms with van der Waals surface area (Å²) in [6.07, 6.45) is 0. The monoisotopic (exact) mass is 415 g/mol. The van der Waals surface area contributed by atoms with Gasteiger partial charge in [-0.15, -0.1) is 0 Å². The Hall–Kier alpha value is -1.80. The van der Waals surface area contributed by atoms with Crippen molar-refractivity contribution in [2.75, 3.05) is 5.32 Å². The molecule has 0 aliphatic rings. The predicted octanol–water partition coefficient (Wildman–Crippen LogP) is 3.29. The standard InChI is InChI=1S/C14H11ClIN3O2/c15-9-4-5-12(16)11(7-9)14(20)18-10-3-1-2-8(6-10)13(17)19-21/h1-7,21H,(H2,17,19)(H,18,20). The number of carbonyl (C=O) groups is 1. The highest BCUT2D eigenvalue weighted by Crippen LogP contribution is 2.20. The maximum absolute atomic E-state index is 12.3. The number of nitrogens with one attached hydrogen (secondary N) is 1. The van der Waals surface area contributed by atoms with Crippen molar-refractivity contribution in [3.05, 3.63) is 62.2 Å². The zero-order valence-corrected chi connectivity index (χ0v) is 13.6. The number of oxime groups is 1. The fraction of sp³-hybridized carbons (Fsp3) is 0. The molecule has 0 fully saturated rings. The third kappa shape index (κ3) is 3.85. The van der Waals surface area contributed by atoms with Crippen molar-refractivity contribution < 1.29 is 10.0 Å². The van der Waals surface area contributed by atoms with Crippen LogP contribution in [0.3, 0.4) is 0 Å². The molecule has 0 unspecified atom stereocenters. The first kappa shape index (κ1) is 15.6. The molecule has 0 spiro atoms. The van der Waals surface area contributed by atoms with Crippen LogP contribution < -0.4 is 11.1 Å². The lowest BCUT2D eigenvalue weighted by Gasteiger charge is -2.08. The van der Waals surface area contributed by atoms with Crippen LogP contribution >= 0.6 is 34.2 Å². The van der Waals surface area contributed by atoms with Gasteiger partial charge in [-0.05, 0) is 52.9 Å². The Bertz CT molecular complexity index is 719. The Balaban J connectivity index is 2.26. The molecule has 0 atom stereocenters. The second-order valence-corrected chi connectivity index (χ2v) is 5.74. The molecule has 0 saturated carbocycles. The Morgan fingerprint density at radius 2 is 2.05 bits per heavy atom. The number of hydrogen-bond donors (Lipinski definition) is 3. The normalized spacial score (nSPS) is 11.2. The van der Waals surface area contributed by atoms with Crippen LogP contribution in [0.5, 0.6) is 0 Å². The molecule has 1 amide bonds. The minimum Gasteiger partial charge on any atom is -0.409 e. The lowest BCUT2D eigenvalue weighted by molar-refractivity contribution is 0.102. The van der Waals surface area contributed by atoms with Gasteiger partial charge in [0.1, 0.15) is 0 Å². The van der Waals surface area contributed by atoms with Crippen molar-refractivity contribution in [1.29, 1.82) is 0 Å². The van der Waals surface area contributed by atoms with Gasteiger partial charge in [-0.2, -0.15) is 0 Å². The lowest BCUT2D eigenvalue weighted by atomic mass is 10.1. The number of amidine groups is 1. The number of amides is 1. The number of nitrogens with two attached hydrogens (primary N) is 1. The molecule has 5 nitrogen and oxygen atoms in total. The van der Waals surface area contributed by atoms with Gasteiger partial charge < -0.3 is 16.3 Å². The molecular formula is C14H11ClIN3O2. The zero-order valence-electron chi connectivity index (χ0n) is 10.7. The summed E-state index contributed by atoms with van der Waals surface area (Å²) in [6.45, 7) is 0. The van der Waals surface area contributed by atoms with Crippen molar-refractivity contribution in [3.63, 3.8) is 0 Å². The van der Waals surface area contributed by atoms with Gasteiger partial charge in [0.25, 0.3) is 5.91 Å². The van der Waals surface area contributed by atoms with Crippen molar-refractivity contribution >= 4 is 51.6 Å². The summed E-state index contributed by atoms with van der Waals surface area (Å²) < 4.78 is 0.794. The van der Waals surface area contributed by atoms with Crippen molar-refractivity contribution in [1.82, 2.24) is 0 Å². The Morgan fingerprint density at radius 1 is 1.29 bits per heavy atom. The predicted molar refractivity (Wildman–Crippen MR) is 91.1 cm³/mol. The van der Waals surface area contributed by atoms with Gasteiger partial charge in [-0.1, -0.05) is 28.9 Å². The largest absolute Gasteiger partial charge is 0.409 e. The van der Waals surface area contributed by atoms with E-state index in [1.165, 1.54) is 0 Å². The molecular weight excluding hydrogens is 405 g/mol. The number of anilines is 1. The van der Waals surface area contributed by atoms with Crippen LogP contribution in [0.15, 0.2) is 47.6 Å². The molecule has 0 bridgehead atoms. The fourth-order valence-electron chi connectivity index (χ4n) is 1.68. The van der Waals surface area contributed by atoms with E-state index in [1.807, 2.05) is 0 Å². The molecule has 0 aliphatic heterocycles. The number of rotatable bonds is 3.